The summed E-state index contributed by atoms with van der Waals surface area (Å²) in [6.45, 7) is 4.61. The van der Waals surface area contributed by atoms with Gasteiger partial charge in [0.15, 0.2) is 0 Å². The number of carbonyl (C=O) groups is 1. The van der Waals surface area contributed by atoms with E-state index in [1.807, 2.05) is 6.92 Å². The quantitative estimate of drug-likeness (QED) is 0.761. The van der Waals surface area contributed by atoms with Crippen molar-refractivity contribution in [2.75, 3.05) is 11.9 Å². The molecule has 3 heteroatoms. The average Bonchev–Trinajstić information content (AvgIpc) is 2.34. The van der Waals surface area contributed by atoms with Gasteiger partial charge in [-0.25, -0.2) is 0 Å². The molecule has 1 rings (SSSR count). The number of nitrogens with one attached hydrogen (secondary N) is 1. The molecule has 0 fully saturated rings. The van der Waals surface area contributed by atoms with Crippen LogP contribution in [0, 0.1) is 5.92 Å². The zero-order chi connectivity index (χ0) is 12.7. The van der Waals surface area contributed by atoms with E-state index in [0.717, 1.165) is 12.1 Å². The molecule has 94 valence electrons. The second-order valence-corrected chi connectivity index (χ2v) is 4.48. The van der Waals surface area contributed by atoms with Crippen molar-refractivity contribution in [2.24, 2.45) is 11.7 Å². The van der Waals surface area contributed by atoms with Crippen LogP contribution in [0.15, 0.2) is 24.3 Å². The third kappa shape index (κ3) is 4.89. The lowest BCUT2D eigenvalue weighted by atomic mass is 10.1. The molecule has 1 aromatic carbocycles. The summed E-state index contributed by atoms with van der Waals surface area (Å²) in [5.41, 5.74) is 7.60. The SMILES string of the molecule is CCCCc1ccc(NCC(C)C(N)=O)cc1. The second-order valence-electron chi connectivity index (χ2n) is 4.48. The molecule has 1 aromatic rings. The minimum atomic E-state index is -0.267. The molecular weight excluding hydrogens is 212 g/mol. The molecule has 3 nitrogen and oxygen atoms in total. The first kappa shape index (κ1) is 13.6. The topological polar surface area (TPSA) is 55.1 Å². The van der Waals surface area contributed by atoms with Crippen LogP contribution < -0.4 is 11.1 Å². The highest BCUT2D eigenvalue weighted by atomic mass is 16.1. The van der Waals surface area contributed by atoms with Gasteiger partial charge < -0.3 is 11.1 Å². The van der Waals surface area contributed by atoms with Crippen molar-refractivity contribution in [1.82, 2.24) is 0 Å². The minimum absolute atomic E-state index is 0.144. The molecule has 17 heavy (non-hydrogen) atoms. The summed E-state index contributed by atoms with van der Waals surface area (Å²) < 4.78 is 0. The standard InChI is InChI=1S/C14H22N2O/c1-3-4-5-12-6-8-13(9-7-12)16-10-11(2)14(15)17/h6-9,11,16H,3-5,10H2,1-2H3,(H2,15,17). The molecule has 0 spiro atoms. The van der Waals surface area contributed by atoms with Crippen molar-refractivity contribution in [1.29, 1.82) is 0 Å². The molecule has 0 saturated carbocycles. The Bertz CT molecular complexity index is 346. The molecule has 0 radical (unpaired) electrons. The van der Waals surface area contributed by atoms with Crippen molar-refractivity contribution in [2.45, 2.75) is 33.1 Å². The number of nitrogens with two attached hydrogens (primary N) is 1. The van der Waals surface area contributed by atoms with Crippen molar-refractivity contribution in [3.63, 3.8) is 0 Å². The maximum Gasteiger partial charge on any atom is 0.222 e. The highest BCUT2D eigenvalue weighted by Gasteiger charge is 2.07. The molecule has 3 N–H and O–H groups in total. The smallest absolute Gasteiger partial charge is 0.222 e. The van der Waals surface area contributed by atoms with E-state index in [2.05, 4.69) is 36.5 Å². The van der Waals surface area contributed by atoms with Crippen LogP contribution in [0.25, 0.3) is 0 Å². The van der Waals surface area contributed by atoms with Crippen LogP contribution in [0.5, 0.6) is 0 Å². The van der Waals surface area contributed by atoms with Gasteiger partial charge in [-0.3, -0.25) is 4.79 Å². The first-order chi connectivity index (χ1) is 8.13. The number of hydrogen-bond donors (Lipinski definition) is 2. The first-order valence-corrected chi connectivity index (χ1v) is 6.25. The highest BCUT2D eigenvalue weighted by Crippen LogP contribution is 2.12. The van der Waals surface area contributed by atoms with Crippen LogP contribution >= 0.6 is 0 Å². The van der Waals surface area contributed by atoms with Gasteiger partial charge in [0, 0.05) is 12.2 Å². The van der Waals surface area contributed by atoms with Crippen molar-refractivity contribution >= 4 is 11.6 Å². The maximum atomic E-state index is 10.9. The van der Waals surface area contributed by atoms with Crippen LogP contribution in [-0.2, 0) is 11.2 Å². The summed E-state index contributed by atoms with van der Waals surface area (Å²) in [4.78, 5) is 10.9. The molecule has 0 aliphatic rings. The zero-order valence-corrected chi connectivity index (χ0v) is 10.7. The molecular formula is C14H22N2O. The largest absolute Gasteiger partial charge is 0.384 e. The Labute approximate surface area is 103 Å². The first-order valence-electron chi connectivity index (χ1n) is 6.25. The summed E-state index contributed by atoms with van der Waals surface area (Å²) in [6.07, 6.45) is 3.58. The van der Waals surface area contributed by atoms with Crippen LogP contribution in [0.4, 0.5) is 5.69 Å². The van der Waals surface area contributed by atoms with Gasteiger partial charge in [0.2, 0.25) is 5.91 Å². The van der Waals surface area contributed by atoms with E-state index >= 15 is 0 Å². The number of primary amides is 1. The fraction of sp³-hybridized carbons (Fsp3) is 0.500. The predicted octanol–water partition coefficient (Wildman–Crippen LogP) is 2.56. The molecule has 1 atom stereocenters. The van der Waals surface area contributed by atoms with E-state index < -0.39 is 0 Å². The number of benzene rings is 1. The van der Waals surface area contributed by atoms with Gasteiger partial charge in [-0.1, -0.05) is 32.4 Å². The molecule has 0 bridgehead atoms. The van der Waals surface area contributed by atoms with E-state index in [1.165, 1.54) is 18.4 Å². The van der Waals surface area contributed by atoms with Crippen molar-refractivity contribution < 1.29 is 4.79 Å². The van der Waals surface area contributed by atoms with Gasteiger partial charge >= 0.3 is 0 Å². The van der Waals surface area contributed by atoms with E-state index in [1.54, 1.807) is 0 Å². The summed E-state index contributed by atoms with van der Waals surface area (Å²) in [5, 5.41) is 3.21. The molecule has 0 heterocycles. The Balaban J connectivity index is 2.42. The van der Waals surface area contributed by atoms with Crippen LogP contribution in [-0.4, -0.2) is 12.5 Å². The average molecular weight is 234 g/mol. The number of carbonyl (C=O) groups excluding carboxylic acids is 1. The van der Waals surface area contributed by atoms with E-state index in [-0.39, 0.29) is 11.8 Å². The fourth-order valence-electron chi connectivity index (χ4n) is 1.54. The monoisotopic (exact) mass is 234 g/mol. The lowest BCUT2D eigenvalue weighted by Gasteiger charge is -2.10. The molecule has 1 unspecified atom stereocenters. The Morgan fingerprint density at radius 3 is 2.53 bits per heavy atom. The normalized spacial score (nSPS) is 12.1. The Hall–Kier alpha value is -1.51. The summed E-state index contributed by atoms with van der Waals surface area (Å²) in [6, 6.07) is 8.37. The minimum Gasteiger partial charge on any atom is -0.384 e. The summed E-state index contributed by atoms with van der Waals surface area (Å²) >= 11 is 0. The van der Waals surface area contributed by atoms with Gasteiger partial charge in [-0.2, -0.15) is 0 Å². The summed E-state index contributed by atoms with van der Waals surface area (Å²) in [7, 11) is 0. The number of hydrogen-bond acceptors (Lipinski definition) is 2. The third-order valence-corrected chi connectivity index (χ3v) is 2.87. The molecule has 1 amide bonds. The summed E-state index contributed by atoms with van der Waals surface area (Å²) in [5.74, 6) is -0.410. The number of unbranched alkanes of at least 4 members (excludes halogenated alkanes) is 1. The molecule has 0 aromatic heterocycles. The Kier molecular flexibility index (Phi) is 5.53. The molecule has 0 saturated heterocycles. The molecule has 0 aliphatic carbocycles. The number of aryl methyl sites for hydroxylation is 1. The Morgan fingerprint density at radius 1 is 1.35 bits per heavy atom. The van der Waals surface area contributed by atoms with Gasteiger partial charge in [0.05, 0.1) is 5.92 Å². The van der Waals surface area contributed by atoms with Gasteiger partial charge in [0.25, 0.3) is 0 Å². The van der Waals surface area contributed by atoms with E-state index in [4.69, 9.17) is 5.73 Å². The van der Waals surface area contributed by atoms with Crippen LogP contribution in [0.1, 0.15) is 32.3 Å². The van der Waals surface area contributed by atoms with Crippen LogP contribution in [0.3, 0.4) is 0 Å². The zero-order valence-electron chi connectivity index (χ0n) is 10.7. The highest BCUT2D eigenvalue weighted by molar-refractivity contribution is 5.76. The van der Waals surface area contributed by atoms with Gasteiger partial charge in [-0.05, 0) is 30.5 Å². The fourth-order valence-corrected chi connectivity index (χ4v) is 1.54. The van der Waals surface area contributed by atoms with Crippen molar-refractivity contribution in [3.05, 3.63) is 29.8 Å². The van der Waals surface area contributed by atoms with Crippen molar-refractivity contribution in [3.8, 4) is 0 Å². The van der Waals surface area contributed by atoms with Gasteiger partial charge in [0.1, 0.15) is 0 Å². The maximum absolute atomic E-state index is 10.9. The lowest BCUT2D eigenvalue weighted by Crippen LogP contribution is -2.26. The number of amides is 1. The second kappa shape index (κ2) is 6.94. The lowest BCUT2D eigenvalue weighted by molar-refractivity contribution is -0.120. The molecule has 0 aliphatic heterocycles. The van der Waals surface area contributed by atoms with E-state index in [0.29, 0.717) is 6.54 Å². The third-order valence-electron chi connectivity index (χ3n) is 2.87. The van der Waals surface area contributed by atoms with Gasteiger partial charge in [-0.15, -0.1) is 0 Å². The Morgan fingerprint density at radius 2 is 2.00 bits per heavy atom. The van der Waals surface area contributed by atoms with Crippen LogP contribution in [0.2, 0.25) is 0 Å². The number of anilines is 1. The number of rotatable bonds is 7. The predicted molar refractivity (Wildman–Crippen MR) is 71.9 cm³/mol. The van der Waals surface area contributed by atoms with E-state index in [9.17, 15) is 4.79 Å².